The van der Waals surface area contributed by atoms with E-state index in [2.05, 4.69) is 35.4 Å². The van der Waals surface area contributed by atoms with Crippen LogP contribution in [0.1, 0.15) is 22.6 Å². The van der Waals surface area contributed by atoms with E-state index in [0.717, 1.165) is 23.4 Å². The average Bonchev–Trinajstić information content (AvgIpc) is 3.11. The summed E-state index contributed by atoms with van der Waals surface area (Å²) in [6.45, 7) is 3.88. The summed E-state index contributed by atoms with van der Waals surface area (Å²) in [5.74, 6) is 0.485. The van der Waals surface area contributed by atoms with E-state index in [1.165, 1.54) is 0 Å². The topological polar surface area (TPSA) is 79.8 Å². The Morgan fingerprint density at radius 3 is 2.54 bits per heavy atom. The third-order valence-corrected chi connectivity index (χ3v) is 5.71. The number of pyridine rings is 2. The van der Waals surface area contributed by atoms with Crippen molar-refractivity contribution in [2.24, 2.45) is 4.99 Å². The number of nitrogens with zero attached hydrogens (tertiary/aromatic N) is 6. The first-order valence-corrected chi connectivity index (χ1v) is 11.1. The van der Waals surface area contributed by atoms with E-state index in [0.29, 0.717) is 45.9 Å². The molecule has 0 bridgehead atoms. The lowest BCUT2D eigenvalue weighted by Crippen LogP contribution is -2.08. The van der Waals surface area contributed by atoms with Crippen molar-refractivity contribution < 1.29 is 13.2 Å². The van der Waals surface area contributed by atoms with Crippen molar-refractivity contribution in [3.8, 4) is 28.3 Å². The summed E-state index contributed by atoms with van der Waals surface area (Å²) in [7, 11) is 2.55. The fourth-order valence-corrected chi connectivity index (χ4v) is 4.09. The zero-order valence-electron chi connectivity index (χ0n) is 18.9. The Morgan fingerprint density at radius 1 is 1.09 bits per heavy atom. The van der Waals surface area contributed by atoms with Crippen molar-refractivity contribution in [2.75, 3.05) is 0 Å². The first-order chi connectivity index (χ1) is 16.7. The number of aliphatic imine (C=N–C) groups is 1. The van der Waals surface area contributed by atoms with Crippen molar-refractivity contribution in [3.63, 3.8) is 0 Å². The largest absolute Gasteiger partial charge is 0.433 e. The molecule has 0 fully saturated rings. The van der Waals surface area contributed by atoms with Crippen LogP contribution >= 0.6 is 9.24 Å². The Labute approximate surface area is 202 Å². The van der Waals surface area contributed by atoms with Crippen LogP contribution in [0.25, 0.3) is 22.3 Å². The fourth-order valence-electron chi connectivity index (χ4n) is 3.79. The zero-order valence-corrected chi connectivity index (χ0v) is 20.0. The van der Waals surface area contributed by atoms with Gasteiger partial charge in [-0.3, -0.25) is 9.67 Å². The van der Waals surface area contributed by atoms with Gasteiger partial charge in [-0.15, -0.1) is 0 Å². The Hall–Kier alpha value is -3.89. The lowest BCUT2D eigenvalue weighted by Gasteiger charge is -2.09. The summed E-state index contributed by atoms with van der Waals surface area (Å²) in [6.07, 6.45) is -1.70. The zero-order chi connectivity index (χ0) is 25.2. The number of alkyl halides is 3. The van der Waals surface area contributed by atoms with Gasteiger partial charge in [-0.2, -0.15) is 23.5 Å². The van der Waals surface area contributed by atoms with Gasteiger partial charge in [0.05, 0.1) is 29.3 Å². The van der Waals surface area contributed by atoms with Crippen LogP contribution in [-0.2, 0) is 12.7 Å². The van der Waals surface area contributed by atoms with Crippen molar-refractivity contribution >= 4 is 20.5 Å². The van der Waals surface area contributed by atoms with E-state index >= 15 is 0 Å². The maximum Gasteiger partial charge on any atom is 0.433 e. The second kappa shape index (κ2) is 9.77. The molecule has 1 atom stereocenters. The molecule has 3 aromatic heterocycles. The number of hydrogen-bond acceptors (Lipinski definition) is 5. The summed E-state index contributed by atoms with van der Waals surface area (Å²) < 4.78 is 41.0. The summed E-state index contributed by atoms with van der Waals surface area (Å²) in [4.78, 5) is 12.3. The van der Waals surface area contributed by atoms with Crippen LogP contribution in [0.3, 0.4) is 0 Å². The van der Waals surface area contributed by atoms with E-state index in [4.69, 9.17) is 0 Å². The van der Waals surface area contributed by atoms with E-state index in [-0.39, 0.29) is 0 Å². The van der Waals surface area contributed by atoms with Gasteiger partial charge in [0.1, 0.15) is 5.69 Å². The maximum absolute atomic E-state index is 13.1. The minimum absolute atomic E-state index is 0.315. The SMILES string of the molecule is Cc1nn(CC(P)=Nc2ccc(-c3ccccc3C#N)cn2)c(C)c1-c1ccnc(C(F)(F)F)c1. The monoisotopic (exact) mass is 492 g/mol. The highest BCUT2D eigenvalue weighted by atomic mass is 31.0. The molecule has 3 heterocycles. The second-order valence-corrected chi connectivity index (χ2v) is 8.46. The van der Waals surface area contributed by atoms with Crippen molar-refractivity contribution in [1.29, 1.82) is 5.26 Å². The molecule has 0 N–H and O–H groups in total. The van der Waals surface area contributed by atoms with Gasteiger partial charge in [0.2, 0.25) is 0 Å². The molecule has 0 amide bonds. The molecule has 4 aromatic rings. The molecular formula is C25H20F3N6P. The van der Waals surface area contributed by atoms with E-state index in [9.17, 15) is 18.4 Å². The van der Waals surface area contributed by atoms with Crippen LogP contribution in [0, 0.1) is 25.2 Å². The first kappa shape index (κ1) is 24.2. The van der Waals surface area contributed by atoms with Crippen LogP contribution < -0.4 is 0 Å². The number of halogens is 3. The molecule has 4 rings (SSSR count). The lowest BCUT2D eigenvalue weighted by molar-refractivity contribution is -0.141. The molecule has 1 unspecified atom stereocenters. The predicted molar refractivity (Wildman–Crippen MR) is 131 cm³/mol. The number of rotatable bonds is 5. The van der Waals surface area contributed by atoms with Gasteiger partial charge >= 0.3 is 6.18 Å². The van der Waals surface area contributed by atoms with Gasteiger partial charge in [-0.1, -0.05) is 27.4 Å². The molecule has 35 heavy (non-hydrogen) atoms. The van der Waals surface area contributed by atoms with Crippen molar-refractivity contribution in [3.05, 3.63) is 83.6 Å². The Kier molecular flexibility index (Phi) is 6.77. The summed E-state index contributed by atoms with van der Waals surface area (Å²) >= 11 is 0. The quantitative estimate of drug-likeness (QED) is 0.248. The van der Waals surface area contributed by atoms with Gasteiger partial charge in [0.25, 0.3) is 0 Å². The minimum Gasteiger partial charge on any atom is -0.263 e. The van der Waals surface area contributed by atoms with Crippen LogP contribution in [0.2, 0.25) is 0 Å². The lowest BCUT2D eigenvalue weighted by atomic mass is 10.0. The fraction of sp³-hybridized carbons (Fsp3) is 0.160. The summed E-state index contributed by atoms with van der Waals surface area (Å²) in [5.41, 5.74) is 4.24. The molecule has 176 valence electrons. The highest BCUT2D eigenvalue weighted by Crippen LogP contribution is 2.33. The molecule has 0 radical (unpaired) electrons. The number of nitriles is 1. The Bertz CT molecular complexity index is 1450. The smallest absolute Gasteiger partial charge is 0.263 e. The van der Waals surface area contributed by atoms with Gasteiger partial charge < -0.3 is 0 Å². The Balaban J connectivity index is 1.57. The van der Waals surface area contributed by atoms with Crippen molar-refractivity contribution in [2.45, 2.75) is 26.6 Å². The van der Waals surface area contributed by atoms with Crippen LogP contribution in [0.4, 0.5) is 19.0 Å². The highest BCUT2D eigenvalue weighted by molar-refractivity contribution is 7.40. The van der Waals surface area contributed by atoms with E-state index in [1.807, 2.05) is 24.3 Å². The van der Waals surface area contributed by atoms with Crippen LogP contribution in [0.5, 0.6) is 0 Å². The van der Waals surface area contributed by atoms with Gasteiger partial charge in [-0.05, 0) is 49.7 Å². The molecule has 0 aliphatic rings. The van der Waals surface area contributed by atoms with Gasteiger partial charge in [0, 0.05) is 34.8 Å². The van der Waals surface area contributed by atoms with E-state index < -0.39 is 11.9 Å². The number of aryl methyl sites for hydroxylation is 1. The van der Waals surface area contributed by atoms with Crippen LogP contribution in [-0.4, -0.2) is 25.2 Å². The summed E-state index contributed by atoms with van der Waals surface area (Å²) in [6, 6.07) is 15.6. The average molecular weight is 492 g/mol. The standard InChI is InChI=1S/C25H20F3N6P/c1-15-24(17-9-10-30-21(11-17)25(26,27)28)16(2)34(33-15)14-23(35)32-22-8-7-19(13-31-22)20-6-4-3-5-18(20)12-29/h3-11,13H,14,35H2,1-2H3. The third-order valence-electron chi connectivity index (χ3n) is 5.40. The number of aromatic nitrogens is 4. The van der Waals surface area contributed by atoms with Crippen LogP contribution in [0.15, 0.2) is 65.9 Å². The van der Waals surface area contributed by atoms with Gasteiger partial charge in [0.15, 0.2) is 5.82 Å². The molecule has 6 nitrogen and oxygen atoms in total. The van der Waals surface area contributed by atoms with Gasteiger partial charge in [-0.25, -0.2) is 9.98 Å². The minimum atomic E-state index is -4.52. The second-order valence-electron chi connectivity index (χ2n) is 7.80. The first-order valence-electron chi connectivity index (χ1n) is 10.5. The van der Waals surface area contributed by atoms with E-state index in [1.54, 1.807) is 42.9 Å². The number of hydrogen-bond donors (Lipinski definition) is 0. The third kappa shape index (κ3) is 5.28. The highest BCUT2D eigenvalue weighted by Gasteiger charge is 2.33. The maximum atomic E-state index is 13.1. The molecule has 1 aromatic carbocycles. The number of benzene rings is 1. The Morgan fingerprint density at radius 2 is 1.86 bits per heavy atom. The predicted octanol–water partition coefficient (Wildman–Crippen LogP) is 6.12. The van der Waals surface area contributed by atoms with Crippen molar-refractivity contribution in [1.82, 2.24) is 19.7 Å². The molecule has 0 aliphatic heterocycles. The molecule has 10 heteroatoms. The normalized spacial score (nSPS) is 12.0. The summed E-state index contributed by atoms with van der Waals surface area (Å²) in [5, 5.41) is 13.8. The molecule has 0 aliphatic carbocycles. The molecule has 0 saturated carbocycles. The molecule has 0 spiro atoms. The molecule has 0 saturated heterocycles. The molecular weight excluding hydrogens is 472 g/mol.